The summed E-state index contributed by atoms with van der Waals surface area (Å²) in [7, 11) is 1.70. The van der Waals surface area contributed by atoms with E-state index in [1.54, 1.807) is 7.11 Å². The van der Waals surface area contributed by atoms with E-state index in [-0.39, 0.29) is 69.5 Å². The number of ether oxygens (including phenoxy) is 8. The molecule has 2 heterocycles. The van der Waals surface area contributed by atoms with Gasteiger partial charge in [0.25, 0.3) is 0 Å². The van der Waals surface area contributed by atoms with Gasteiger partial charge in [0, 0.05) is 52.0 Å². The number of carbonyl (C=O) groups is 2. The van der Waals surface area contributed by atoms with Crippen molar-refractivity contribution in [3.63, 3.8) is 0 Å². The number of rotatable bonds is 36. The van der Waals surface area contributed by atoms with Gasteiger partial charge in [-0.15, -0.1) is 0 Å². The predicted octanol–water partition coefficient (Wildman–Crippen LogP) is 4.35. The minimum Gasteiger partial charge on any atom is -0.449 e. The maximum atomic E-state index is 13.9. The highest BCUT2D eigenvalue weighted by atomic mass is 17.1. The van der Waals surface area contributed by atoms with Crippen molar-refractivity contribution in [2.45, 2.75) is 127 Å². The van der Waals surface area contributed by atoms with Gasteiger partial charge >= 0.3 is 12.2 Å². The number of likely N-dealkylation sites (tertiary alicyclic amines) is 1. The van der Waals surface area contributed by atoms with Crippen molar-refractivity contribution >= 4 is 12.2 Å². The second-order valence-electron chi connectivity index (χ2n) is 18.3. The van der Waals surface area contributed by atoms with Gasteiger partial charge in [-0.25, -0.2) is 28.9 Å². The first kappa shape index (κ1) is 62.4. The summed E-state index contributed by atoms with van der Waals surface area (Å²) in [5.41, 5.74) is 1.70. The van der Waals surface area contributed by atoms with Gasteiger partial charge in [-0.2, -0.15) is 0 Å². The number of morpholine rings is 1. The van der Waals surface area contributed by atoms with Gasteiger partial charge in [0.15, 0.2) is 0 Å². The Hall–Kier alpha value is -3.12. The maximum absolute atomic E-state index is 13.9. The number of amides is 1. The molecule has 2 aliphatic heterocycles. The molecule has 0 bridgehead atoms. The molecule has 422 valence electrons. The van der Waals surface area contributed by atoms with Crippen LogP contribution in [0, 0.1) is 11.8 Å². The van der Waals surface area contributed by atoms with Gasteiger partial charge in [-0.1, -0.05) is 31.2 Å². The zero-order valence-electron chi connectivity index (χ0n) is 42.2. The molecule has 1 saturated carbocycles. The summed E-state index contributed by atoms with van der Waals surface area (Å²) in [4.78, 5) is 50.0. The molecule has 28 heteroatoms. The van der Waals surface area contributed by atoms with Crippen molar-refractivity contribution in [1.29, 1.82) is 0 Å². The zero-order valence-corrected chi connectivity index (χ0v) is 42.2. The number of unbranched alkanes of at least 4 members (excludes halogenated alkanes) is 2. The fraction of sp³-hybridized carbons (Fsp3) is 0.822. The lowest BCUT2D eigenvalue weighted by atomic mass is 9.81. The number of methoxy groups -OCH3 is 1. The Bertz CT molecular complexity index is 1630. The second-order valence-corrected chi connectivity index (χ2v) is 18.3. The summed E-state index contributed by atoms with van der Waals surface area (Å²) in [6.45, 7) is 8.36. The number of fused-ring (bicyclic) bond motifs is 1. The molecule has 3 fully saturated rings. The van der Waals surface area contributed by atoms with E-state index in [2.05, 4.69) is 21.5 Å². The Morgan fingerprint density at radius 3 is 2.00 bits per heavy atom. The molecule has 0 spiro atoms. The first-order chi connectivity index (χ1) is 35.1. The minimum atomic E-state index is -1.02. The van der Waals surface area contributed by atoms with E-state index >= 15 is 0 Å². The number of benzene rings is 1. The zero-order chi connectivity index (χ0) is 53.0. The van der Waals surface area contributed by atoms with Gasteiger partial charge in [-0.05, 0) is 88.2 Å². The Kier molecular flexibility index (Phi) is 30.1. The average molecular weight is 1060 g/mol. The molecule has 8 N–H and O–H groups in total. The molecule has 1 aromatic rings. The maximum Gasteiger partial charge on any atom is 0.508 e. The van der Waals surface area contributed by atoms with Crippen molar-refractivity contribution in [3.8, 4) is 0 Å². The van der Waals surface area contributed by atoms with Crippen LogP contribution >= 0.6 is 0 Å². The van der Waals surface area contributed by atoms with E-state index in [1.807, 2.05) is 31.2 Å². The van der Waals surface area contributed by atoms with Crippen molar-refractivity contribution < 1.29 is 108 Å². The Morgan fingerprint density at radius 2 is 1.38 bits per heavy atom. The highest BCUT2D eigenvalue weighted by Crippen LogP contribution is 2.37. The van der Waals surface area contributed by atoms with Crippen LogP contribution in [0.4, 0.5) is 9.59 Å². The molecule has 2 saturated heterocycles. The fourth-order valence-electron chi connectivity index (χ4n) is 9.18. The molecule has 3 aliphatic rings. The third-order valence-corrected chi connectivity index (χ3v) is 12.7. The van der Waals surface area contributed by atoms with Crippen LogP contribution in [0.25, 0.3) is 0 Å². The Morgan fingerprint density at radius 1 is 0.753 bits per heavy atom. The van der Waals surface area contributed by atoms with Crippen LogP contribution < -0.4 is 0 Å². The van der Waals surface area contributed by atoms with Gasteiger partial charge < -0.3 is 42.8 Å². The predicted molar refractivity (Wildman–Crippen MR) is 243 cm³/mol. The van der Waals surface area contributed by atoms with Crippen LogP contribution in [-0.4, -0.2) is 221 Å². The SMILES string of the molecule is CCOCC(C)COCc1ccc(C2C(OCC3CCC4OCCN(CCCOC)C4C3)CN(C(=O)OCCCCC(CON(O)O)ON(O)O)CC2OC(=O)OCCCCC(CON(O)O)ON(O)O)cc1. The minimum absolute atomic E-state index is 0.0635. The smallest absolute Gasteiger partial charge is 0.449 e. The molecule has 0 aromatic heterocycles. The van der Waals surface area contributed by atoms with Gasteiger partial charge in [0.2, 0.25) is 0 Å². The summed E-state index contributed by atoms with van der Waals surface area (Å²) in [5.74, 6) is -0.224. The van der Waals surface area contributed by atoms with Crippen LogP contribution in [0.15, 0.2) is 24.3 Å². The van der Waals surface area contributed by atoms with E-state index in [0.29, 0.717) is 65.5 Å². The lowest BCUT2D eigenvalue weighted by molar-refractivity contribution is -0.527. The molecule has 9 atom stereocenters. The molecule has 73 heavy (non-hydrogen) atoms. The quantitative estimate of drug-likeness (QED) is 0.0263. The van der Waals surface area contributed by atoms with Crippen molar-refractivity contribution in [2.24, 2.45) is 11.8 Å². The molecule has 1 aliphatic carbocycles. The van der Waals surface area contributed by atoms with Crippen LogP contribution in [0.3, 0.4) is 0 Å². The van der Waals surface area contributed by atoms with Gasteiger partial charge in [0.05, 0.1) is 92.4 Å². The Labute approximate surface area is 425 Å². The fourth-order valence-corrected chi connectivity index (χ4v) is 9.18. The number of hydrogen-bond donors (Lipinski definition) is 8. The third-order valence-electron chi connectivity index (χ3n) is 12.7. The highest BCUT2D eigenvalue weighted by molar-refractivity contribution is 5.68. The number of hydrogen-bond acceptors (Lipinski definition) is 27. The van der Waals surface area contributed by atoms with Crippen molar-refractivity contribution in [1.82, 2.24) is 31.4 Å². The van der Waals surface area contributed by atoms with Crippen LogP contribution in [0.2, 0.25) is 0 Å². The van der Waals surface area contributed by atoms with E-state index in [9.17, 15) is 9.59 Å². The average Bonchev–Trinajstić information content (AvgIpc) is 3.35. The van der Waals surface area contributed by atoms with Gasteiger partial charge in [0.1, 0.15) is 31.5 Å². The summed E-state index contributed by atoms with van der Waals surface area (Å²) >= 11 is 0. The van der Waals surface area contributed by atoms with Crippen LogP contribution in [0.5, 0.6) is 0 Å². The van der Waals surface area contributed by atoms with E-state index in [1.165, 1.54) is 4.90 Å². The van der Waals surface area contributed by atoms with E-state index in [4.69, 9.17) is 89.2 Å². The lowest BCUT2D eigenvalue weighted by Gasteiger charge is -2.47. The standard InChI is InChI=1S/C45H80N6O22/c1-4-63-27-33(2)28-64-29-34-12-15-36(16-13-34)43-41(68-30-35-14-17-40-39(24-35)46(19-23-65-40)18-9-20-62-3)25-47(44(52)66-21-7-5-10-37(72-50(58)59)31-69-48(54)55)26-42(43)71-45(53)67-22-8-6-11-38(73-51(60)61)32-70-49(56)57/h12-13,15-16,33,35,37-43,54-61H,4-11,14,17-32H2,1-3H3. The Balaban J connectivity index is 1.52. The van der Waals surface area contributed by atoms with Crippen LogP contribution in [0.1, 0.15) is 95.1 Å². The monoisotopic (exact) mass is 1060 g/mol. The second kappa shape index (κ2) is 35.3. The van der Waals surface area contributed by atoms with Crippen LogP contribution in [-0.2, 0) is 63.9 Å². The number of carbonyl (C=O) groups excluding carboxylic acids is 2. The summed E-state index contributed by atoms with van der Waals surface area (Å²) < 4.78 is 47.2. The first-order valence-electron chi connectivity index (χ1n) is 24.9. The molecule has 9 unspecified atom stereocenters. The molecule has 1 aromatic carbocycles. The van der Waals surface area contributed by atoms with Gasteiger partial charge in [-0.3, -0.25) is 46.6 Å². The van der Waals surface area contributed by atoms with E-state index < -0.39 is 77.4 Å². The molecule has 0 radical (unpaired) electrons. The number of nitrogens with zero attached hydrogens (tertiary/aromatic N) is 6. The summed E-state index contributed by atoms with van der Waals surface area (Å²) in [6, 6.07) is 7.96. The third kappa shape index (κ3) is 24.6. The molecular formula is C45H80N6O22. The summed E-state index contributed by atoms with van der Waals surface area (Å²) in [6.07, 6.45) is -0.398. The highest BCUT2D eigenvalue weighted by Gasteiger charge is 2.44. The number of piperidine rings is 1. The first-order valence-corrected chi connectivity index (χ1v) is 24.9. The van der Waals surface area contributed by atoms with E-state index in [0.717, 1.165) is 49.9 Å². The molecule has 1 amide bonds. The normalized spacial score (nSPS) is 23.0. The van der Waals surface area contributed by atoms with Crippen molar-refractivity contribution in [2.75, 3.05) is 99.4 Å². The molecular weight excluding hydrogens is 977 g/mol. The van der Waals surface area contributed by atoms with Crippen molar-refractivity contribution in [3.05, 3.63) is 35.4 Å². The molecule has 28 nitrogen and oxygen atoms in total. The lowest BCUT2D eigenvalue weighted by Crippen LogP contribution is -2.56. The largest absolute Gasteiger partial charge is 0.508 e. The summed E-state index contributed by atoms with van der Waals surface area (Å²) in [5, 5.41) is 69.8. The molecule has 4 rings (SSSR count). The topological polar surface area (TPSA) is 326 Å².